The largest absolute Gasteiger partial charge is 0.446 e. The van der Waals surface area contributed by atoms with E-state index in [-0.39, 0.29) is 11.4 Å². The molecule has 0 aliphatic rings. The van der Waals surface area contributed by atoms with Gasteiger partial charge in [0.05, 0.1) is 10.7 Å². The normalized spacial score (nSPS) is 11.0. The summed E-state index contributed by atoms with van der Waals surface area (Å²) in [7, 11) is 1.47. The predicted molar refractivity (Wildman–Crippen MR) is 88.0 cm³/mol. The van der Waals surface area contributed by atoms with Gasteiger partial charge in [0.25, 0.3) is 5.69 Å². The predicted octanol–water partition coefficient (Wildman–Crippen LogP) is 2.22. The Bertz CT molecular complexity index is 620. The molecule has 0 fully saturated rings. The molecule has 0 heterocycles. The number of amides is 2. The SMILES string of the molecule is CC(=NOC(=O)N(C)Sc1ccc([N+](=O)[O-])cc1)SCC(N)=O. The molecule has 2 amide bonds. The van der Waals surface area contributed by atoms with Crippen molar-refractivity contribution in [2.24, 2.45) is 10.9 Å². The summed E-state index contributed by atoms with van der Waals surface area (Å²) in [4.78, 5) is 37.7. The molecule has 11 heteroatoms. The van der Waals surface area contributed by atoms with E-state index in [0.29, 0.717) is 9.94 Å². The van der Waals surface area contributed by atoms with Gasteiger partial charge in [-0.15, -0.1) is 0 Å². The van der Waals surface area contributed by atoms with Crippen LogP contribution in [0.25, 0.3) is 0 Å². The van der Waals surface area contributed by atoms with Crippen LogP contribution in [0.3, 0.4) is 0 Å². The van der Waals surface area contributed by atoms with Crippen molar-refractivity contribution in [1.29, 1.82) is 0 Å². The van der Waals surface area contributed by atoms with E-state index in [1.807, 2.05) is 0 Å². The number of thioether (sulfide) groups is 1. The minimum Gasteiger partial charge on any atom is -0.369 e. The van der Waals surface area contributed by atoms with Gasteiger partial charge in [-0.3, -0.25) is 19.7 Å². The van der Waals surface area contributed by atoms with Gasteiger partial charge in [-0.1, -0.05) is 16.9 Å². The molecule has 1 rings (SSSR count). The number of primary amides is 1. The quantitative estimate of drug-likeness (QED) is 0.206. The van der Waals surface area contributed by atoms with Gasteiger partial charge in [0.1, 0.15) is 5.04 Å². The van der Waals surface area contributed by atoms with Gasteiger partial charge in [0.15, 0.2) is 0 Å². The lowest BCUT2D eigenvalue weighted by Gasteiger charge is -2.13. The van der Waals surface area contributed by atoms with Crippen LogP contribution in [0.2, 0.25) is 0 Å². The second-order valence-corrected chi connectivity index (χ2v) is 6.43. The van der Waals surface area contributed by atoms with Crippen LogP contribution in [-0.4, -0.2) is 39.1 Å². The average Bonchev–Trinajstić information content (AvgIpc) is 2.50. The van der Waals surface area contributed by atoms with Crippen molar-refractivity contribution in [3.05, 3.63) is 34.4 Å². The van der Waals surface area contributed by atoms with Gasteiger partial charge in [-0.05, 0) is 31.0 Å². The van der Waals surface area contributed by atoms with Crippen molar-refractivity contribution in [1.82, 2.24) is 4.31 Å². The third-order valence-corrected chi connectivity index (χ3v) is 4.05. The van der Waals surface area contributed by atoms with Crippen LogP contribution in [0.5, 0.6) is 0 Å². The monoisotopic (exact) mass is 358 g/mol. The number of rotatable bonds is 6. The first kappa shape index (κ1) is 18.8. The number of nitro groups is 1. The Morgan fingerprint density at radius 1 is 1.39 bits per heavy atom. The van der Waals surface area contributed by atoms with Crippen molar-refractivity contribution in [3.63, 3.8) is 0 Å². The van der Waals surface area contributed by atoms with Gasteiger partial charge in [0.2, 0.25) is 5.91 Å². The molecule has 2 N–H and O–H groups in total. The number of oxime groups is 1. The Kier molecular flexibility index (Phi) is 7.35. The van der Waals surface area contributed by atoms with E-state index in [9.17, 15) is 19.7 Å². The molecule has 0 aliphatic heterocycles. The summed E-state index contributed by atoms with van der Waals surface area (Å²) < 4.78 is 1.18. The van der Waals surface area contributed by atoms with E-state index in [2.05, 4.69) is 5.16 Å². The van der Waals surface area contributed by atoms with E-state index in [0.717, 1.165) is 23.7 Å². The molecule has 0 aliphatic carbocycles. The summed E-state index contributed by atoms with van der Waals surface area (Å²) in [5.41, 5.74) is 4.95. The first-order valence-electron chi connectivity index (χ1n) is 6.12. The Balaban J connectivity index is 2.51. The summed E-state index contributed by atoms with van der Waals surface area (Å²) >= 11 is 2.08. The highest BCUT2D eigenvalue weighted by Crippen LogP contribution is 2.24. The van der Waals surface area contributed by atoms with Crippen LogP contribution in [0.4, 0.5) is 10.5 Å². The molecule has 0 saturated heterocycles. The van der Waals surface area contributed by atoms with Gasteiger partial charge < -0.3 is 5.73 Å². The van der Waals surface area contributed by atoms with Crippen molar-refractivity contribution in [3.8, 4) is 0 Å². The molecule has 0 aromatic heterocycles. The Morgan fingerprint density at radius 2 is 2.00 bits per heavy atom. The molecule has 0 bridgehead atoms. The zero-order valence-corrected chi connectivity index (χ0v) is 13.9. The average molecular weight is 358 g/mol. The topological polar surface area (TPSA) is 128 Å². The zero-order valence-electron chi connectivity index (χ0n) is 12.3. The van der Waals surface area contributed by atoms with Crippen LogP contribution in [0, 0.1) is 10.1 Å². The van der Waals surface area contributed by atoms with E-state index in [4.69, 9.17) is 10.6 Å². The van der Waals surface area contributed by atoms with Crippen LogP contribution < -0.4 is 5.73 Å². The second-order valence-electron chi connectivity index (χ2n) is 4.06. The number of hydrogen-bond donors (Lipinski definition) is 1. The highest BCUT2D eigenvalue weighted by Gasteiger charge is 2.13. The van der Waals surface area contributed by atoms with Crippen molar-refractivity contribution in [2.75, 3.05) is 12.8 Å². The number of carbonyl (C=O) groups is 2. The molecule has 0 unspecified atom stereocenters. The van der Waals surface area contributed by atoms with Crippen LogP contribution >= 0.6 is 23.7 Å². The van der Waals surface area contributed by atoms with E-state index in [1.165, 1.54) is 35.6 Å². The molecule has 0 atom stereocenters. The van der Waals surface area contributed by atoms with E-state index in [1.54, 1.807) is 6.92 Å². The summed E-state index contributed by atoms with van der Waals surface area (Å²) in [5.74, 6) is -0.456. The highest BCUT2D eigenvalue weighted by molar-refractivity contribution is 8.14. The van der Waals surface area contributed by atoms with Gasteiger partial charge in [0, 0.05) is 24.1 Å². The minimum atomic E-state index is -0.729. The molecular weight excluding hydrogens is 344 g/mol. The highest BCUT2D eigenvalue weighted by atomic mass is 32.2. The Labute approximate surface area is 140 Å². The number of non-ortho nitro benzene ring substituents is 1. The molecule has 0 saturated carbocycles. The van der Waals surface area contributed by atoms with E-state index >= 15 is 0 Å². The molecular formula is C12H14N4O5S2. The fourth-order valence-corrected chi connectivity index (χ4v) is 2.31. The lowest BCUT2D eigenvalue weighted by molar-refractivity contribution is -0.384. The van der Waals surface area contributed by atoms with Crippen LogP contribution in [0.1, 0.15) is 6.92 Å². The number of nitrogens with two attached hydrogens (primary N) is 1. The standard InChI is InChI=1S/C12H14N4O5S2/c1-8(22-7-11(13)17)14-21-12(18)15(2)23-10-5-3-9(4-6-10)16(19)20/h3-6H,7H2,1-2H3,(H2,13,17). The van der Waals surface area contributed by atoms with Gasteiger partial charge >= 0.3 is 6.09 Å². The minimum absolute atomic E-state index is 0.0359. The first-order valence-corrected chi connectivity index (χ1v) is 7.88. The summed E-state index contributed by atoms with van der Waals surface area (Å²) in [5, 5.41) is 14.5. The smallest absolute Gasteiger partial charge is 0.369 e. The molecule has 1 aromatic carbocycles. The maximum absolute atomic E-state index is 11.7. The third kappa shape index (κ3) is 7.02. The molecule has 9 nitrogen and oxygen atoms in total. The lowest BCUT2D eigenvalue weighted by Crippen LogP contribution is -2.19. The summed E-state index contributed by atoms with van der Waals surface area (Å²) in [6.07, 6.45) is -0.729. The molecule has 0 radical (unpaired) electrons. The molecule has 0 spiro atoms. The van der Waals surface area contributed by atoms with Crippen molar-refractivity contribution in [2.45, 2.75) is 11.8 Å². The second kappa shape index (κ2) is 9.00. The number of hydrogen-bond acceptors (Lipinski definition) is 8. The number of nitro benzene ring substituents is 1. The number of carbonyl (C=O) groups excluding carboxylic acids is 2. The first-order chi connectivity index (χ1) is 10.8. The maximum atomic E-state index is 11.7. The fourth-order valence-electron chi connectivity index (χ4n) is 1.19. The van der Waals surface area contributed by atoms with Crippen LogP contribution in [-0.2, 0) is 9.63 Å². The van der Waals surface area contributed by atoms with Gasteiger partial charge in [-0.25, -0.2) is 9.10 Å². The molecule has 1 aromatic rings. The maximum Gasteiger partial charge on any atom is 0.446 e. The summed E-state index contributed by atoms with van der Waals surface area (Å²) in [6, 6.07) is 5.71. The lowest BCUT2D eigenvalue weighted by atomic mass is 10.3. The van der Waals surface area contributed by atoms with Crippen molar-refractivity contribution < 1.29 is 19.3 Å². The molecule has 124 valence electrons. The van der Waals surface area contributed by atoms with Gasteiger partial charge in [-0.2, -0.15) is 0 Å². The number of benzene rings is 1. The van der Waals surface area contributed by atoms with E-state index < -0.39 is 16.9 Å². The zero-order chi connectivity index (χ0) is 17.4. The summed E-state index contributed by atoms with van der Waals surface area (Å²) in [6.45, 7) is 1.57. The third-order valence-electron chi connectivity index (χ3n) is 2.22. The number of nitrogens with zero attached hydrogens (tertiary/aromatic N) is 3. The Morgan fingerprint density at radius 3 is 2.52 bits per heavy atom. The fraction of sp³-hybridized carbons (Fsp3) is 0.250. The van der Waals surface area contributed by atoms with Crippen molar-refractivity contribution >= 4 is 46.4 Å². The Hall–Kier alpha value is -2.27. The van der Waals surface area contributed by atoms with Crippen LogP contribution in [0.15, 0.2) is 34.3 Å². The molecule has 23 heavy (non-hydrogen) atoms.